The summed E-state index contributed by atoms with van der Waals surface area (Å²) in [5, 5.41) is 2.64. The van der Waals surface area contributed by atoms with Gasteiger partial charge in [-0.3, -0.25) is 9.59 Å². The average Bonchev–Trinajstić information content (AvgIpc) is 3.06. The minimum atomic E-state index is -0.690. The molecular weight excluding hydrogens is 316 g/mol. The summed E-state index contributed by atoms with van der Waals surface area (Å²) in [4.78, 5) is 36.7. The number of aromatic nitrogens is 1. The third-order valence-electron chi connectivity index (χ3n) is 3.28. The van der Waals surface area contributed by atoms with Crippen LogP contribution in [-0.2, 0) is 16.1 Å². The molecule has 0 fully saturated rings. The lowest BCUT2D eigenvalue weighted by Gasteiger charge is -2.07. The molecule has 0 saturated heterocycles. The second-order valence-electron chi connectivity index (χ2n) is 4.98. The van der Waals surface area contributed by atoms with Crippen molar-refractivity contribution in [1.82, 2.24) is 10.3 Å². The van der Waals surface area contributed by atoms with Crippen LogP contribution in [0.2, 0.25) is 0 Å². The first-order chi connectivity index (χ1) is 11.6. The molecule has 1 aliphatic heterocycles. The van der Waals surface area contributed by atoms with Gasteiger partial charge in [0, 0.05) is 18.8 Å². The number of nitrogens with one attached hydrogen (secondary N) is 2. The molecule has 2 aromatic rings. The van der Waals surface area contributed by atoms with Crippen molar-refractivity contribution >= 4 is 11.9 Å². The summed E-state index contributed by atoms with van der Waals surface area (Å²) >= 11 is 0. The maximum Gasteiger partial charge on any atom is 0.340 e. The highest BCUT2D eigenvalue weighted by Gasteiger charge is 2.14. The van der Waals surface area contributed by atoms with Gasteiger partial charge in [0.05, 0.1) is 5.56 Å². The molecule has 1 aliphatic rings. The molecular formula is C16H14N2O6. The zero-order valence-electron chi connectivity index (χ0n) is 12.5. The normalized spacial score (nSPS) is 11.8. The number of H-pyrrole nitrogens is 1. The minimum Gasteiger partial charge on any atom is -0.454 e. The number of benzene rings is 1. The van der Waals surface area contributed by atoms with E-state index in [-0.39, 0.29) is 24.5 Å². The van der Waals surface area contributed by atoms with E-state index in [4.69, 9.17) is 14.2 Å². The molecule has 0 radical (unpaired) electrons. The summed E-state index contributed by atoms with van der Waals surface area (Å²) in [6, 6.07) is 7.87. The van der Waals surface area contributed by atoms with Crippen LogP contribution in [0.15, 0.2) is 41.3 Å². The Bertz CT molecular complexity index is 809. The topological polar surface area (TPSA) is 107 Å². The maximum atomic E-state index is 11.7. The second kappa shape index (κ2) is 6.86. The van der Waals surface area contributed by atoms with Gasteiger partial charge < -0.3 is 24.5 Å². The Labute approximate surface area is 136 Å². The zero-order valence-corrected chi connectivity index (χ0v) is 12.5. The highest BCUT2D eigenvalue weighted by molar-refractivity contribution is 5.90. The molecule has 24 heavy (non-hydrogen) atoms. The van der Waals surface area contributed by atoms with E-state index in [2.05, 4.69) is 10.3 Å². The Morgan fingerprint density at radius 2 is 2.00 bits per heavy atom. The van der Waals surface area contributed by atoms with E-state index in [9.17, 15) is 14.4 Å². The molecule has 2 N–H and O–H groups in total. The zero-order chi connectivity index (χ0) is 16.9. The third-order valence-corrected chi connectivity index (χ3v) is 3.28. The van der Waals surface area contributed by atoms with Crippen molar-refractivity contribution < 1.29 is 23.8 Å². The van der Waals surface area contributed by atoms with Gasteiger partial charge in [-0.1, -0.05) is 6.07 Å². The number of aromatic amines is 1. The van der Waals surface area contributed by atoms with Gasteiger partial charge in [-0.15, -0.1) is 0 Å². The number of carbonyl (C=O) groups is 2. The molecule has 0 aliphatic carbocycles. The number of fused-ring (bicyclic) bond motifs is 1. The highest BCUT2D eigenvalue weighted by atomic mass is 16.7. The number of pyridine rings is 1. The molecule has 0 unspecified atom stereocenters. The fourth-order valence-corrected chi connectivity index (χ4v) is 2.05. The van der Waals surface area contributed by atoms with Crippen molar-refractivity contribution in [3.63, 3.8) is 0 Å². The number of carbonyl (C=O) groups excluding carboxylic acids is 2. The van der Waals surface area contributed by atoms with Crippen LogP contribution in [0.25, 0.3) is 0 Å². The van der Waals surface area contributed by atoms with Crippen LogP contribution < -0.4 is 20.3 Å². The number of rotatable bonds is 5. The van der Waals surface area contributed by atoms with Crippen molar-refractivity contribution in [2.24, 2.45) is 0 Å². The van der Waals surface area contributed by atoms with Crippen LogP contribution in [0.1, 0.15) is 15.9 Å². The Kier molecular flexibility index (Phi) is 4.46. The van der Waals surface area contributed by atoms with Gasteiger partial charge >= 0.3 is 5.97 Å². The molecule has 8 nitrogen and oxygen atoms in total. The van der Waals surface area contributed by atoms with E-state index in [1.165, 1.54) is 18.3 Å². The van der Waals surface area contributed by atoms with Crippen LogP contribution in [0.3, 0.4) is 0 Å². The molecule has 0 atom stereocenters. The molecule has 124 valence electrons. The van der Waals surface area contributed by atoms with Gasteiger partial charge in [-0.25, -0.2) is 4.79 Å². The van der Waals surface area contributed by atoms with E-state index in [0.717, 1.165) is 5.56 Å². The Morgan fingerprint density at radius 1 is 1.17 bits per heavy atom. The van der Waals surface area contributed by atoms with Crippen LogP contribution in [0.4, 0.5) is 0 Å². The third kappa shape index (κ3) is 3.72. The molecule has 8 heteroatoms. The van der Waals surface area contributed by atoms with Crippen molar-refractivity contribution in [3.05, 3.63) is 58.0 Å². The first-order valence-electron chi connectivity index (χ1n) is 7.13. The molecule has 1 amide bonds. The van der Waals surface area contributed by atoms with Crippen LogP contribution >= 0.6 is 0 Å². The Hall–Kier alpha value is -3.29. The fourth-order valence-electron chi connectivity index (χ4n) is 2.05. The fraction of sp³-hybridized carbons (Fsp3) is 0.188. The summed E-state index contributed by atoms with van der Waals surface area (Å²) in [6.07, 6.45) is 1.23. The second-order valence-corrected chi connectivity index (χ2v) is 4.98. The lowest BCUT2D eigenvalue weighted by Crippen LogP contribution is -2.28. The van der Waals surface area contributed by atoms with E-state index >= 15 is 0 Å². The highest BCUT2D eigenvalue weighted by Crippen LogP contribution is 2.32. The van der Waals surface area contributed by atoms with E-state index in [0.29, 0.717) is 11.5 Å². The van der Waals surface area contributed by atoms with E-state index < -0.39 is 18.5 Å². The first kappa shape index (κ1) is 15.6. The van der Waals surface area contributed by atoms with Crippen LogP contribution in [-0.4, -0.2) is 30.3 Å². The largest absolute Gasteiger partial charge is 0.454 e. The molecule has 1 aromatic carbocycles. The molecule has 0 spiro atoms. The number of hydrogen-bond donors (Lipinski definition) is 2. The van der Waals surface area contributed by atoms with Gasteiger partial charge in [0.1, 0.15) is 0 Å². The lowest BCUT2D eigenvalue weighted by atomic mass is 10.2. The summed E-state index contributed by atoms with van der Waals surface area (Å²) in [5.74, 6) is 0.168. The summed E-state index contributed by atoms with van der Waals surface area (Å²) in [6.45, 7) is 0.0417. The summed E-state index contributed by atoms with van der Waals surface area (Å²) in [7, 11) is 0. The standard InChI is InChI=1S/C16H14N2O6/c19-14-4-2-11(7-18-14)16(21)22-8-15(20)17-6-10-1-3-12-13(5-10)24-9-23-12/h1-5,7H,6,8-9H2,(H,17,20)(H,18,19). The van der Waals surface area contributed by atoms with E-state index in [1.54, 1.807) is 18.2 Å². The van der Waals surface area contributed by atoms with Crippen molar-refractivity contribution in [2.45, 2.75) is 6.54 Å². The quantitative estimate of drug-likeness (QED) is 0.777. The van der Waals surface area contributed by atoms with Crippen LogP contribution in [0.5, 0.6) is 11.5 Å². The maximum absolute atomic E-state index is 11.7. The number of ether oxygens (including phenoxy) is 3. The molecule has 1 aromatic heterocycles. The van der Waals surface area contributed by atoms with Gasteiger partial charge in [0.15, 0.2) is 18.1 Å². The van der Waals surface area contributed by atoms with Gasteiger partial charge in [0.2, 0.25) is 12.4 Å². The molecule has 2 heterocycles. The predicted molar refractivity (Wildman–Crippen MR) is 81.8 cm³/mol. The SMILES string of the molecule is O=C(COC(=O)c1ccc(=O)[nH]c1)NCc1ccc2c(c1)OCO2. The van der Waals surface area contributed by atoms with Crippen molar-refractivity contribution in [3.8, 4) is 11.5 Å². The molecule has 3 rings (SSSR count). The van der Waals surface area contributed by atoms with Gasteiger partial charge in [0.25, 0.3) is 5.91 Å². The number of amides is 1. The van der Waals surface area contributed by atoms with Crippen molar-refractivity contribution in [1.29, 1.82) is 0 Å². The molecule has 0 saturated carbocycles. The number of esters is 1. The average molecular weight is 330 g/mol. The monoisotopic (exact) mass is 330 g/mol. The van der Waals surface area contributed by atoms with Gasteiger partial charge in [-0.2, -0.15) is 0 Å². The smallest absolute Gasteiger partial charge is 0.340 e. The summed E-state index contributed by atoms with van der Waals surface area (Å²) in [5.41, 5.74) is 0.672. The lowest BCUT2D eigenvalue weighted by molar-refractivity contribution is -0.124. The number of hydrogen-bond acceptors (Lipinski definition) is 6. The predicted octanol–water partition coefficient (Wildman–Crippen LogP) is 0.577. The molecule has 0 bridgehead atoms. The van der Waals surface area contributed by atoms with Gasteiger partial charge in [-0.05, 0) is 23.8 Å². The first-order valence-corrected chi connectivity index (χ1v) is 7.13. The summed E-state index contributed by atoms with van der Waals surface area (Å²) < 4.78 is 15.3. The Morgan fingerprint density at radius 3 is 2.79 bits per heavy atom. The Balaban J connectivity index is 1.46. The van der Waals surface area contributed by atoms with Crippen LogP contribution in [0, 0.1) is 0 Å². The minimum absolute atomic E-state index is 0.165. The van der Waals surface area contributed by atoms with E-state index in [1.807, 2.05) is 0 Å². The van der Waals surface area contributed by atoms with Crippen molar-refractivity contribution in [2.75, 3.05) is 13.4 Å².